The van der Waals surface area contributed by atoms with E-state index in [1.165, 1.54) is 18.9 Å². The first-order chi connectivity index (χ1) is 10.5. The number of halogens is 3. The Balaban J connectivity index is 1.87. The Morgan fingerprint density at radius 3 is 2.64 bits per heavy atom. The van der Waals surface area contributed by atoms with Crippen LogP contribution in [0.1, 0.15) is 18.4 Å². The van der Waals surface area contributed by atoms with Gasteiger partial charge in [0.2, 0.25) is 0 Å². The molecule has 0 saturated heterocycles. The smallest absolute Gasteiger partial charge is 0.422 e. The van der Waals surface area contributed by atoms with Crippen LogP contribution in [-0.2, 0) is 6.54 Å². The topological polar surface area (TPSA) is 45.7 Å². The number of alkyl halides is 3. The summed E-state index contributed by atoms with van der Waals surface area (Å²) >= 11 is 0. The van der Waals surface area contributed by atoms with Gasteiger partial charge < -0.3 is 15.4 Å². The van der Waals surface area contributed by atoms with Gasteiger partial charge in [0.05, 0.1) is 0 Å². The van der Waals surface area contributed by atoms with Gasteiger partial charge in [0.25, 0.3) is 0 Å². The second kappa shape index (κ2) is 7.38. The highest BCUT2D eigenvalue weighted by molar-refractivity contribution is 5.79. The minimum Gasteiger partial charge on any atom is -0.484 e. The number of nitrogens with one attached hydrogen (secondary N) is 2. The summed E-state index contributed by atoms with van der Waals surface area (Å²) in [7, 11) is 1.66. The molecule has 0 bridgehead atoms. The highest BCUT2D eigenvalue weighted by Crippen LogP contribution is 2.27. The third-order valence-electron chi connectivity index (χ3n) is 3.29. The first-order valence-corrected chi connectivity index (χ1v) is 7.20. The van der Waals surface area contributed by atoms with Crippen molar-refractivity contribution >= 4 is 5.96 Å². The molecule has 1 aliphatic carbocycles. The summed E-state index contributed by atoms with van der Waals surface area (Å²) in [5.41, 5.74) is 0.654. The van der Waals surface area contributed by atoms with E-state index >= 15 is 0 Å². The van der Waals surface area contributed by atoms with E-state index in [2.05, 4.69) is 15.6 Å². The largest absolute Gasteiger partial charge is 0.484 e. The number of guanidine groups is 1. The van der Waals surface area contributed by atoms with E-state index in [9.17, 15) is 13.2 Å². The van der Waals surface area contributed by atoms with Gasteiger partial charge in [-0.25, -0.2) is 0 Å². The number of aliphatic imine (C=N–C) groups is 1. The van der Waals surface area contributed by atoms with Crippen molar-refractivity contribution in [3.05, 3.63) is 29.8 Å². The summed E-state index contributed by atoms with van der Waals surface area (Å²) in [5.74, 6) is 1.57. The minimum absolute atomic E-state index is 0.227. The van der Waals surface area contributed by atoms with Crippen molar-refractivity contribution in [2.75, 3.05) is 20.2 Å². The third kappa shape index (κ3) is 5.83. The maximum absolute atomic E-state index is 12.3. The standard InChI is InChI=1S/C15H20F3N3O/c1-19-14(20-8-11-6-7-11)21-9-12-4-2-3-5-13(12)22-10-15(16,17)18/h2-5,11H,6-10H2,1H3,(H2,19,20,21). The fourth-order valence-corrected chi connectivity index (χ4v) is 1.91. The molecule has 0 spiro atoms. The fourth-order valence-electron chi connectivity index (χ4n) is 1.91. The van der Waals surface area contributed by atoms with Crippen LogP contribution < -0.4 is 15.4 Å². The summed E-state index contributed by atoms with van der Waals surface area (Å²) in [5, 5.41) is 6.28. The van der Waals surface area contributed by atoms with E-state index in [4.69, 9.17) is 4.74 Å². The Morgan fingerprint density at radius 2 is 2.00 bits per heavy atom. The zero-order chi connectivity index (χ0) is 16.0. The van der Waals surface area contributed by atoms with Gasteiger partial charge in [0, 0.05) is 25.7 Å². The molecule has 1 fully saturated rings. The molecule has 2 N–H and O–H groups in total. The summed E-state index contributed by atoms with van der Waals surface area (Å²) < 4.78 is 41.6. The molecule has 0 heterocycles. The summed E-state index contributed by atoms with van der Waals surface area (Å²) in [6, 6.07) is 6.67. The molecule has 1 saturated carbocycles. The molecule has 0 unspecified atom stereocenters. The lowest BCUT2D eigenvalue weighted by Crippen LogP contribution is -2.38. The number of benzene rings is 1. The number of hydrogen-bond acceptors (Lipinski definition) is 2. The van der Waals surface area contributed by atoms with Crippen LogP contribution >= 0.6 is 0 Å². The molecule has 0 radical (unpaired) electrons. The Hall–Kier alpha value is -1.92. The van der Waals surface area contributed by atoms with Crippen molar-refractivity contribution in [2.24, 2.45) is 10.9 Å². The predicted molar refractivity (Wildman–Crippen MR) is 78.9 cm³/mol. The molecule has 0 aliphatic heterocycles. The predicted octanol–water partition coefficient (Wildman–Crippen LogP) is 2.70. The maximum atomic E-state index is 12.3. The van der Waals surface area contributed by atoms with Crippen LogP contribution in [0.4, 0.5) is 13.2 Å². The van der Waals surface area contributed by atoms with Gasteiger partial charge in [-0.1, -0.05) is 18.2 Å². The molecule has 1 aromatic rings. The number of nitrogens with zero attached hydrogens (tertiary/aromatic N) is 1. The zero-order valence-corrected chi connectivity index (χ0v) is 12.4. The van der Waals surface area contributed by atoms with Gasteiger partial charge in [-0.05, 0) is 24.8 Å². The van der Waals surface area contributed by atoms with E-state index < -0.39 is 12.8 Å². The van der Waals surface area contributed by atoms with Crippen molar-refractivity contribution in [1.82, 2.24) is 10.6 Å². The number of hydrogen-bond donors (Lipinski definition) is 2. The van der Waals surface area contributed by atoms with Crippen LogP contribution in [0, 0.1) is 5.92 Å². The lowest BCUT2D eigenvalue weighted by molar-refractivity contribution is -0.153. The summed E-state index contributed by atoms with van der Waals surface area (Å²) in [4.78, 5) is 4.09. The van der Waals surface area contributed by atoms with E-state index in [1.807, 2.05) is 0 Å². The van der Waals surface area contributed by atoms with Crippen LogP contribution in [0.15, 0.2) is 29.3 Å². The molecule has 0 amide bonds. The van der Waals surface area contributed by atoms with Crippen molar-refractivity contribution in [1.29, 1.82) is 0 Å². The van der Waals surface area contributed by atoms with Crippen LogP contribution in [0.3, 0.4) is 0 Å². The first kappa shape index (κ1) is 16.5. The molecule has 122 valence electrons. The summed E-state index contributed by atoms with van der Waals surface area (Å²) in [6.07, 6.45) is -1.88. The zero-order valence-electron chi connectivity index (χ0n) is 12.4. The molecule has 1 aliphatic rings. The van der Waals surface area contributed by atoms with E-state index in [-0.39, 0.29) is 5.75 Å². The van der Waals surface area contributed by atoms with Crippen LogP contribution in [0.5, 0.6) is 5.75 Å². The lowest BCUT2D eigenvalue weighted by atomic mass is 10.2. The number of rotatable bonds is 6. The van der Waals surface area contributed by atoms with Crippen LogP contribution in [0.2, 0.25) is 0 Å². The van der Waals surface area contributed by atoms with E-state index in [0.717, 1.165) is 6.54 Å². The van der Waals surface area contributed by atoms with Gasteiger partial charge in [-0.15, -0.1) is 0 Å². The van der Waals surface area contributed by atoms with Gasteiger partial charge >= 0.3 is 6.18 Å². The van der Waals surface area contributed by atoms with Gasteiger partial charge in [0.15, 0.2) is 12.6 Å². The van der Waals surface area contributed by atoms with Gasteiger partial charge in [0.1, 0.15) is 5.75 Å². The highest BCUT2D eigenvalue weighted by Gasteiger charge is 2.28. The Labute approximate surface area is 127 Å². The summed E-state index contributed by atoms with van der Waals surface area (Å²) in [6.45, 7) is -0.0804. The van der Waals surface area contributed by atoms with E-state index in [1.54, 1.807) is 25.2 Å². The number of ether oxygens (including phenoxy) is 1. The molecule has 7 heteroatoms. The van der Waals surface area contributed by atoms with Gasteiger partial charge in [-0.2, -0.15) is 13.2 Å². The average molecular weight is 315 g/mol. The molecule has 4 nitrogen and oxygen atoms in total. The van der Waals surface area contributed by atoms with Crippen LogP contribution in [-0.4, -0.2) is 32.3 Å². The van der Waals surface area contributed by atoms with Crippen molar-refractivity contribution in [3.8, 4) is 5.75 Å². The molecule has 2 rings (SSSR count). The van der Waals surface area contributed by atoms with Crippen LogP contribution in [0.25, 0.3) is 0 Å². The van der Waals surface area contributed by atoms with Gasteiger partial charge in [-0.3, -0.25) is 4.99 Å². The molecule has 22 heavy (non-hydrogen) atoms. The quantitative estimate of drug-likeness (QED) is 0.627. The SMILES string of the molecule is CN=C(NCc1ccccc1OCC(F)(F)F)NCC1CC1. The van der Waals surface area contributed by atoms with Crippen molar-refractivity contribution in [3.63, 3.8) is 0 Å². The van der Waals surface area contributed by atoms with Crippen molar-refractivity contribution < 1.29 is 17.9 Å². The Kier molecular flexibility index (Phi) is 5.51. The second-order valence-corrected chi connectivity index (χ2v) is 5.26. The molecular weight excluding hydrogens is 295 g/mol. The third-order valence-corrected chi connectivity index (χ3v) is 3.29. The van der Waals surface area contributed by atoms with E-state index in [0.29, 0.717) is 24.0 Å². The first-order valence-electron chi connectivity index (χ1n) is 7.20. The average Bonchev–Trinajstić information content (AvgIpc) is 3.29. The second-order valence-electron chi connectivity index (χ2n) is 5.26. The number of para-hydroxylation sites is 1. The normalized spacial score (nSPS) is 15.5. The molecule has 0 atom stereocenters. The Morgan fingerprint density at radius 1 is 1.27 bits per heavy atom. The molecule has 1 aromatic carbocycles. The lowest BCUT2D eigenvalue weighted by Gasteiger charge is -2.15. The molecular formula is C15H20F3N3O. The maximum Gasteiger partial charge on any atom is 0.422 e. The Bertz CT molecular complexity index is 513. The fraction of sp³-hybridized carbons (Fsp3) is 0.533. The van der Waals surface area contributed by atoms with Crippen molar-refractivity contribution in [2.45, 2.75) is 25.6 Å². The minimum atomic E-state index is -4.34. The molecule has 0 aromatic heterocycles. The monoisotopic (exact) mass is 315 g/mol. The highest BCUT2D eigenvalue weighted by atomic mass is 19.4.